The van der Waals surface area contributed by atoms with Crippen LogP contribution in [0.3, 0.4) is 0 Å². The zero-order valence-electron chi connectivity index (χ0n) is 8.36. The summed E-state index contributed by atoms with van der Waals surface area (Å²) in [7, 11) is 0. The van der Waals surface area contributed by atoms with Gasteiger partial charge in [0.05, 0.1) is 26.8 Å². The van der Waals surface area contributed by atoms with Crippen molar-refractivity contribution in [2.75, 3.05) is 0 Å². The molecule has 0 aliphatic heterocycles. The quantitative estimate of drug-likeness (QED) is 0.783. The van der Waals surface area contributed by atoms with Crippen molar-refractivity contribution in [3.63, 3.8) is 0 Å². The Morgan fingerprint density at radius 2 is 2.19 bits per heavy atom. The molecule has 2 rings (SSSR count). The van der Waals surface area contributed by atoms with Crippen LogP contribution in [-0.4, -0.2) is 15.0 Å². The van der Waals surface area contributed by atoms with Crippen LogP contribution in [0.2, 0.25) is 5.02 Å². The van der Waals surface area contributed by atoms with Crippen LogP contribution < -0.4 is 0 Å². The maximum absolute atomic E-state index is 6.00. The van der Waals surface area contributed by atoms with E-state index < -0.39 is 0 Å². The molecule has 0 fully saturated rings. The van der Waals surface area contributed by atoms with Crippen molar-refractivity contribution in [3.05, 3.63) is 39.6 Å². The van der Waals surface area contributed by atoms with E-state index in [0.29, 0.717) is 5.02 Å². The van der Waals surface area contributed by atoms with Gasteiger partial charge in [0.1, 0.15) is 5.69 Å². The Kier molecular flexibility index (Phi) is 3.52. The number of benzene rings is 1. The standard InChI is InChI=1S/C10H8BrCl2N3/c1-6(12)8-5-16(15-14-8)9-4-2-3-7(13)10(9)11/h2-6H,1H3. The van der Waals surface area contributed by atoms with Gasteiger partial charge in [-0.1, -0.05) is 22.9 Å². The van der Waals surface area contributed by atoms with Crippen molar-refractivity contribution in [2.24, 2.45) is 0 Å². The fourth-order valence-corrected chi connectivity index (χ4v) is 1.96. The zero-order chi connectivity index (χ0) is 11.7. The van der Waals surface area contributed by atoms with Gasteiger partial charge < -0.3 is 0 Å². The molecule has 0 amide bonds. The highest BCUT2D eigenvalue weighted by atomic mass is 79.9. The molecule has 16 heavy (non-hydrogen) atoms. The predicted octanol–water partition coefficient (Wildman–Crippen LogP) is 3.98. The van der Waals surface area contributed by atoms with Crippen molar-refractivity contribution in [1.82, 2.24) is 15.0 Å². The normalized spacial score (nSPS) is 12.8. The van der Waals surface area contributed by atoms with Crippen LogP contribution in [0.15, 0.2) is 28.9 Å². The summed E-state index contributed by atoms with van der Waals surface area (Å²) in [5, 5.41) is 8.46. The van der Waals surface area contributed by atoms with Crippen LogP contribution in [0.1, 0.15) is 18.0 Å². The number of rotatable bonds is 2. The second-order valence-corrected chi connectivity index (χ2v) is 5.13. The number of halogens is 3. The maximum atomic E-state index is 6.00. The molecule has 0 N–H and O–H groups in total. The second kappa shape index (κ2) is 4.73. The van der Waals surface area contributed by atoms with Gasteiger partial charge in [0.2, 0.25) is 0 Å². The number of alkyl halides is 1. The summed E-state index contributed by atoms with van der Waals surface area (Å²) >= 11 is 15.3. The summed E-state index contributed by atoms with van der Waals surface area (Å²) in [6.07, 6.45) is 1.79. The topological polar surface area (TPSA) is 30.7 Å². The molecular weight excluding hydrogens is 313 g/mol. The van der Waals surface area contributed by atoms with Gasteiger partial charge in [-0.3, -0.25) is 0 Å². The van der Waals surface area contributed by atoms with Gasteiger partial charge in [-0.2, -0.15) is 0 Å². The van der Waals surface area contributed by atoms with E-state index in [9.17, 15) is 0 Å². The van der Waals surface area contributed by atoms with E-state index in [0.717, 1.165) is 15.9 Å². The van der Waals surface area contributed by atoms with Crippen LogP contribution in [0.5, 0.6) is 0 Å². The van der Waals surface area contributed by atoms with Crippen molar-refractivity contribution in [2.45, 2.75) is 12.3 Å². The largest absolute Gasteiger partial charge is 0.219 e. The molecule has 0 aliphatic carbocycles. The Balaban J connectivity index is 2.47. The van der Waals surface area contributed by atoms with Crippen LogP contribution >= 0.6 is 39.1 Å². The van der Waals surface area contributed by atoms with Crippen LogP contribution in [0.25, 0.3) is 5.69 Å². The van der Waals surface area contributed by atoms with E-state index in [-0.39, 0.29) is 5.38 Å². The third-order valence-corrected chi connectivity index (χ3v) is 3.70. The smallest absolute Gasteiger partial charge is 0.101 e. The van der Waals surface area contributed by atoms with E-state index in [1.165, 1.54) is 0 Å². The molecule has 2 aromatic rings. The Hall–Kier alpha value is -0.580. The third-order valence-electron chi connectivity index (χ3n) is 2.10. The van der Waals surface area contributed by atoms with E-state index in [1.807, 2.05) is 19.1 Å². The van der Waals surface area contributed by atoms with Crippen LogP contribution in [0.4, 0.5) is 0 Å². The van der Waals surface area contributed by atoms with E-state index in [1.54, 1.807) is 16.9 Å². The zero-order valence-corrected chi connectivity index (χ0v) is 11.5. The first-order valence-corrected chi connectivity index (χ1v) is 6.21. The molecule has 1 heterocycles. The van der Waals surface area contributed by atoms with Crippen molar-refractivity contribution >= 4 is 39.1 Å². The van der Waals surface area contributed by atoms with E-state index >= 15 is 0 Å². The summed E-state index contributed by atoms with van der Waals surface area (Å²) < 4.78 is 2.43. The molecule has 3 nitrogen and oxygen atoms in total. The van der Waals surface area contributed by atoms with Gasteiger partial charge in [-0.15, -0.1) is 16.7 Å². The Bertz CT molecular complexity index is 511. The first-order chi connectivity index (χ1) is 7.59. The molecule has 0 bridgehead atoms. The van der Waals surface area contributed by atoms with Crippen LogP contribution in [-0.2, 0) is 0 Å². The Morgan fingerprint density at radius 1 is 1.44 bits per heavy atom. The summed E-state index contributed by atoms with van der Waals surface area (Å²) in [5.41, 5.74) is 1.57. The minimum absolute atomic E-state index is 0.160. The minimum Gasteiger partial charge on any atom is -0.219 e. The highest BCUT2D eigenvalue weighted by Crippen LogP contribution is 2.29. The lowest BCUT2D eigenvalue weighted by atomic mass is 10.3. The molecule has 0 radical (unpaired) electrons. The fourth-order valence-electron chi connectivity index (χ4n) is 1.25. The maximum Gasteiger partial charge on any atom is 0.101 e. The third kappa shape index (κ3) is 2.24. The number of nitrogens with zero attached hydrogens (tertiary/aromatic N) is 3. The lowest BCUT2D eigenvalue weighted by molar-refractivity contribution is 0.794. The lowest BCUT2D eigenvalue weighted by Crippen LogP contribution is -1.96. The number of hydrogen-bond donors (Lipinski definition) is 0. The summed E-state index contributed by atoms with van der Waals surface area (Å²) in [6, 6.07) is 5.55. The first-order valence-electron chi connectivity index (χ1n) is 4.60. The minimum atomic E-state index is -0.160. The van der Waals surface area contributed by atoms with Gasteiger partial charge in [-0.05, 0) is 35.0 Å². The summed E-state index contributed by atoms with van der Waals surface area (Å²) in [5.74, 6) is 0. The van der Waals surface area contributed by atoms with Crippen LogP contribution in [0, 0.1) is 0 Å². The average molecular weight is 321 g/mol. The predicted molar refractivity (Wildman–Crippen MR) is 68.3 cm³/mol. The van der Waals surface area contributed by atoms with E-state index in [2.05, 4.69) is 26.2 Å². The highest BCUT2D eigenvalue weighted by Gasteiger charge is 2.10. The molecule has 1 atom stereocenters. The van der Waals surface area contributed by atoms with E-state index in [4.69, 9.17) is 23.2 Å². The first kappa shape index (κ1) is 11.9. The average Bonchev–Trinajstić information content (AvgIpc) is 2.71. The molecule has 0 saturated heterocycles. The van der Waals surface area contributed by atoms with Crippen molar-refractivity contribution in [1.29, 1.82) is 0 Å². The molecular formula is C10H8BrCl2N3. The van der Waals surface area contributed by atoms with Gasteiger partial charge in [0, 0.05) is 0 Å². The monoisotopic (exact) mass is 319 g/mol. The second-order valence-electron chi connectivity index (χ2n) is 3.28. The van der Waals surface area contributed by atoms with Gasteiger partial charge in [0.15, 0.2) is 0 Å². The molecule has 84 valence electrons. The van der Waals surface area contributed by atoms with Crippen molar-refractivity contribution in [3.8, 4) is 5.69 Å². The SMILES string of the molecule is CC(Cl)c1cn(-c2cccc(Cl)c2Br)nn1. The molecule has 1 aromatic heterocycles. The number of hydrogen-bond acceptors (Lipinski definition) is 2. The molecule has 1 aromatic carbocycles. The Labute approximate surface area is 111 Å². The molecule has 0 aliphatic rings. The highest BCUT2D eigenvalue weighted by molar-refractivity contribution is 9.10. The number of aromatic nitrogens is 3. The fraction of sp³-hybridized carbons (Fsp3) is 0.200. The molecule has 0 spiro atoms. The molecule has 1 unspecified atom stereocenters. The van der Waals surface area contributed by atoms with Crippen molar-refractivity contribution < 1.29 is 0 Å². The molecule has 6 heteroatoms. The lowest BCUT2D eigenvalue weighted by Gasteiger charge is -2.04. The Morgan fingerprint density at radius 3 is 2.81 bits per heavy atom. The van der Waals surface area contributed by atoms with Gasteiger partial charge >= 0.3 is 0 Å². The summed E-state index contributed by atoms with van der Waals surface area (Å²) in [4.78, 5) is 0. The summed E-state index contributed by atoms with van der Waals surface area (Å²) in [6.45, 7) is 1.85. The molecule has 0 saturated carbocycles. The van der Waals surface area contributed by atoms with Gasteiger partial charge in [0.25, 0.3) is 0 Å². The van der Waals surface area contributed by atoms with Gasteiger partial charge in [-0.25, -0.2) is 4.68 Å².